The highest BCUT2D eigenvalue weighted by molar-refractivity contribution is 8.03. The number of alkyl halides is 3. The normalized spacial score (nSPS) is 18.1. The zero-order chi connectivity index (χ0) is 20.8. The molecule has 5 nitrogen and oxygen atoms in total. The van der Waals surface area contributed by atoms with E-state index in [1.807, 2.05) is 4.90 Å². The van der Waals surface area contributed by atoms with E-state index in [2.05, 4.69) is 17.2 Å². The predicted octanol–water partition coefficient (Wildman–Crippen LogP) is 3.47. The summed E-state index contributed by atoms with van der Waals surface area (Å²) in [5.41, 5.74) is 5.16. The van der Waals surface area contributed by atoms with Gasteiger partial charge in [-0.2, -0.15) is 13.2 Å². The van der Waals surface area contributed by atoms with Crippen LogP contribution in [0.15, 0.2) is 45.4 Å². The molecule has 0 aromatic heterocycles. The number of thioether (sulfide) groups is 1. The highest BCUT2D eigenvalue weighted by Gasteiger charge is 2.33. The number of halogens is 3. The van der Waals surface area contributed by atoms with E-state index in [4.69, 9.17) is 5.73 Å². The number of rotatable bonds is 6. The van der Waals surface area contributed by atoms with Crippen LogP contribution < -0.4 is 11.1 Å². The average molecular weight is 414 g/mol. The van der Waals surface area contributed by atoms with Crippen LogP contribution in [0.4, 0.5) is 13.2 Å². The van der Waals surface area contributed by atoms with E-state index in [1.54, 1.807) is 13.1 Å². The third-order valence-electron chi connectivity index (χ3n) is 4.87. The molecule has 0 spiro atoms. The van der Waals surface area contributed by atoms with Crippen molar-refractivity contribution >= 4 is 23.9 Å². The summed E-state index contributed by atoms with van der Waals surface area (Å²) in [4.78, 5) is 17.6. The Morgan fingerprint density at radius 1 is 1.36 bits per heavy atom. The van der Waals surface area contributed by atoms with Gasteiger partial charge in [0.2, 0.25) is 0 Å². The highest BCUT2D eigenvalue weighted by Crippen LogP contribution is 2.38. The molecule has 1 fully saturated rings. The van der Waals surface area contributed by atoms with Gasteiger partial charge < -0.3 is 16.0 Å². The fourth-order valence-corrected chi connectivity index (χ4v) is 3.73. The number of carbonyl (C=O) groups excluding carboxylic acids is 1. The van der Waals surface area contributed by atoms with Gasteiger partial charge in [-0.15, -0.1) is 0 Å². The van der Waals surface area contributed by atoms with Gasteiger partial charge in [0.1, 0.15) is 0 Å². The Morgan fingerprint density at radius 3 is 2.54 bits per heavy atom. The Bertz CT molecular complexity index is 741. The SMILES string of the molecule is CN/C(=C\N=C(C=O)N1CCC(C)(CN)CC1)Sc1ccccc1C(F)(F)F. The molecule has 1 aliphatic heterocycles. The molecular formula is C19H25F3N4OS. The van der Waals surface area contributed by atoms with Crippen LogP contribution in [-0.4, -0.2) is 43.7 Å². The quantitative estimate of drug-likeness (QED) is 0.323. The van der Waals surface area contributed by atoms with Gasteiger partial charge >= 0.3 is 6.18 Å². The average Bonchev–Trinajstić information content (AvgIpc) is 2.68. The fourth-order valence-electron chi connectivity index (χ4n) is 2.84. The largest absolute Gasteiger partial charge is 0.417 e. The molecule has 1 heterocycles. The summed E-state index contributed by atoms with van der Waals surface area (Å²) in [7, 11) is 1.60. The second-order valence-electron chi connectivity index (χ2n) is 6.95. The summed E-state index contributed by atoms with van der Waals surface area (Å²) in [6.45, 7) is 4.04. The topological polar surface area (TPSA) is 70.7 Å². The first-order valence-electron chi connectivity index (χ1n) is 8.92. The van der Waals surface area contributed by atoms with E-state index < -0.39 is 11.7 Å². The van der Waals surface area contributed by atoms with Crippen LogP contribution in [0, 0.1) is 5.41 Å². The molecule has 154 valence electrons. The van der Waals surface area contributed by atoms with Crippen molar-refractivity contribution in [2.45, 2.75) is 30.8 Å². The van der Waals surface area contributed by atoms with Gasteiger partial charge in [-0.05, 0) is 36.9 Å². The number of aldehydes is 1. The summed E-state index contributed by atoms with van der Waals surface area (Å²) >= 11 is 0.917. The Morgan fingerprint density at radius 2 is 2.00 bits per heavy atom. The van der Waals surface area contributed by atoms with Crippen LogP contribution >= 0.6 is 11.8 Å². The Balaban J connectivity index is 2.17. The molecule has 0 unspecified atom stereocenters. The van der Waals surface area contributed by atoms with Crippen molar-refractivity contribution in [1.82, 2.24) is 10.2 Å². The lowest BCUT2D eigenvalue weighted by molar-refractivity contribution is -0.139. The van der Waals surface area contributed by atoms with E-state index in [1.165, 1.54) is 18.3 Å². The maximum atomic E-state index is 13.2. The predicted molar refractivity (Wildman–Crippen MR) is 106 cm³/mol. The smallest absolute Gasteiger partial charge is 0.381 e. The number of hydrogen-bond acceptors (Lipinski definition) is 5. The lowest BCUT2D eigenvalue weighted by Crippen LogP contribution is -2.45. The van der Waals surface area contributed by atoms with Crippen molar-refractivity contribution in [3.05, 3.63) is 41.1 Å². The van der Waals surface area contributed by atoms with Crippen molar-refractivity contribution in [3.63, 3.8) is 0 Å². The van der Waals surface area contributed by atoms with Crippen molar-refractivity contribution < 1.29 is 18.0 Å². The first kappa shape index (κ1) is 22.3. The van der Waals surface area contributed by atoms with E-state index in [0.717, 1.165) is 30.7 Å². The molecule has 1 aromatic carbocycles. The summed E-state index contributed by atoms with van der Waals surface area (Å²) < 4.78 is 39.5. The molecule has 1 saturated heterocycles. The number of nitrogens with zero attached hydrogens (tertiary/aromatic N) is 2. The molecule has 0 amide bonds. The van der Waals surface area contributed by atoms with Gasteiger partial charge in [-0.3, -0.25) is 4.79 Å². The fraction of sp³-hybridized carbons (Fsp3) is 0.474. The summed E-state index contributed by atoms with van der Waals surface area (Å²) in [6.07, 6.45) is -0.677. The first-order valence-corrected chi connectivity index (χ1v) is 9.74. The van der Waals surface area contributed by atoms with E-state index >= 15 is 0 Å². The number of piperidine rings is 1. The van der Waals surface area contributed by atoms with Gasteiger partial charge in [0.05, 0.1) is 16.8 Å². The van der Waals surface area contributed by atoms with Crippen molar-refractivity contribution in [2.24, 2.45) is 16.1 Å². The number of nitrogens with two attached hydrogens (primary N) is 1. The third kappa shape index (κ3) is 5.75. The second-order valence-corrected chi connectivity index (χ2v) is 8.03. The van der Waals surface area contributed by atoms with Crippen molar-refractivity contribution in [3.8, 4) is 0 Å². The standard InChI is InChI=1S/C19H25F3N4OS/c1-18(13-23)7-9-26(10-8-18)16(12-27)25-11-17(24-2)28-15-6-4-3-5-14(15)19(20,21)22/h3-6,11-12,24H,7-10,13,23H2,1-2H3/b17-11+,25-16?. The van der Waals surface area contributed by atoms with Crippen LogP contribution in [0.25, 0.3) is 0 Å². The molecule has 1 aromatic rings. The zero-order valence-corrected chi connectivity index (χ0v) is 16.7. The van der Waals surface area contributed by atoms with Crippen LogP contribution in [-0.2, 0) is 11.0 Å². The van der Waals surface area contributed by atoms with Crippen LogP contribution in [0.1, 0.15) is 25.3 Å². The summed E-state index contributed by atoms with van der Waals surface area (Å²) in [6, 6.07) is 5.34. The van der Waals surface area contributed by atoms with Gasteiger partial charge in [0.25, 0.3) is 0 Å². The van der Waals surface area contributed by atoms with Gasteiger partial charge in [0, 0.05) is 25.0 Å². The minimum Gasteiger partial charge on any atom is -0.381 e. The molecule has 0 atom stereocenters. The molecule has 9 heteroatoms. The van der Waals surface area contributed by atoms with Gasteiger partial charge in [-0.1, -0.05) is 30.8 Å². The van der Waals surface area contributed by atoms with Crippen LogP contribution in [0.3, 0.4) is 0 Å². The highest BCUT2D eigenvalue weighted by atomic mass is 32.2. The van der Waals surface area contributed by atoms with Crippen molar-refractivity contribution in [2.75, 3.05) is 26.7 Å². The molecule has 28 heavy (non-hydrogen) atoms. The Labute approximate surface area is 167 Å². The maximum absolute atomic E-state index is 13.2. The van der Waals surface area contributed by atoms with E-state index in [9.17, 15) is 18.0 Å². The van der Waals surface area contributed by atoms with Crippen LogP contribution in [0.2, 0.25) is 0 Å². The molecule has 0 bridgehead atoms. The number of aliphatic imine (C=N–C) groups is 1. The Hall–Kier alpha value is -2.00. The number of amidine groups is 1. The lowest BCUT2D eigenvalue weighted by atomic mass is 9.80. The second kappa shape index (κ2) is 9.47. The van der Waals surface area contributed by atoms with Crippen LogP contribution in [0.5, 0.6) is 0 Å². The monoisotopic (exact) mass is 414 g/mol. The van der Waals surface area contributed by atoms with Gasteiger partial charge in [-0.25, -0.2) is 4.99 Å². The molecule has 0 saturated carbocycles. The lowest BCUT2D eigenvalue weighted by Gasteiger charge is -2.39. The number of hydrogen-bond donors (Lipinski definition) is 2. The third-order valence-corrected chi connectivity index (χ3v) is 5.97. The summed E-state index contributed by atoms with van der Waals surface area (Å²) in [5, 5.41) is 3.24. The maximum Gasteiger partial charge on any atom is 0.417 e. The number of carbonyl (C=O) groups is 1. The first-order chi connectivity index (χ1) is 13.2. The minimum absolute atomic E-state index is 0.0631. The number of nitrogens with one attached hydrogen (secondary N) is 1. The zero-order valence-electron chi connectivity index (χ0n) is 15.9. The van der Waals surface area contributed by atoms with E-state index in [0.29, 0.717) is 30.9 Å². The van der Waals surface area contributed by atoms with Gasteiger partial charge in [0.15, 0.2) is 12.1 Å². The molecule has 0 radical (unpaired) electrons. The Kier molecular flexibility index (Phi) is 7.54. The summed E-state index contributed by atoms with van der Waals surface area (Å²) in [5.74, 6) is 0.261. The minimum atomic E-state index is -4.44. The number of likely N-dealkylation sites (tertiary alicyclic amines) is 1. The van der Waals surface area contributed by atoms with Crippen molar-refractivity contribution in [1.29, 1.82) is 0 Å². The van der Waals surface area contributed by atoms with E-state index in [-0.39, 0.29) is 16.1 Å². The molecule has 2 rings (SSSR count). The molecular weight excluding hydrogens is 389 g/mol. The molecule has 3 N–H and O–H groups in total. The number of benzene rings is 1. The molecule has 0 aliphatic carbocycles. The molecule has 1 aliphatic rings.